The molecule has 0 radical (unpaired) electrons. The summed E-state index contributed by atoms with van der Waals surface area (Å²) >= 11 is 17.8. The minimum atomic E-state index is -0.257. The normalized spacial score (nSPS) is 10.4. The van der Waals surface area contributed by atoms with Gasteiger partial charge in [-0.3, -0.25) is 4.79 Å². The van der Waals surface area contributed by atoms with Crippen LogP contribution in [-0.4, -0.2) is 4.98 Å². The smallest absolute Gasteiger partial charge is 0.249 e. The third kappa shape index (κ3) is 2.24. The van der Waals surface area contributed by atoms with E-state index in [2.05, 4.69) is 4.98 Å². The van der Waals surface area contributed by atoms with Gasteiger partial charge < -0.3 is 4.98 Å². The lowest BCUT2D eigenvalue weighted by atomic mass is 10.1. The Morgan fingerprint density at radius 2 is 1.69 bits per heavy atom. The predicted octanol–water partition coefficient (Wildman–Crippen LogP) is 4.00. The summed E-state index contributed by atoms with van der Waals surface area (Å²) in [5, 5.41) is 1.33. The van der Waals surface area contributed by atoms with Crippen molar-refractivity contribution in [2.24, 2.45) is 0 Å². The minimum absolute atomic E-state index is 0.247. The van der Waals surface area contributed by atoms with Crippen LogP contribution in [0.5, 0.6) is 0 Å². The number of rotatable bonds is 1. The highest BCUT2D eigenvalue weighted by molar-refractivity contribution is 6.37. The molecule has 2 nitrogen and oxygen atoms in total. The van der Waals surface area contributed by atoms with E-state index in [-0.39, 0.29) is 10.7 Å². The molecule has 2 aromatic rings. The molecule has 0 spiro atoms. The molecule has 16 heavy (non-hydrogen) atoms. The third-order valence-corrected chi connectivity index (χ3v) is 2.95. The van der Waals surface area contributed by atoms with E-state index in [9.17, 15) is 4.79 Å². The van der Waals surface area contributed by atoms with Crippen LogP contribution in [0.3, 0.4) is 0 Å². The standard InChI is InChI=1S/C11H6Cl3NO/c12-6-1-3-9(13)8(5-6)7-2-4-10(16)15-11(7)14/h1-5H,(H,15,16). The van der Waals surface area contributed by atoms with Gasteiger partial charge in [0.15, 0.2) is 0 Å². The first-order chi connectivity index (χ1) is 7.58. The van der Waals surface area contributed by atoms with Gasteiger partial charge in [-0.15, -0.1) is 0 Å². The maximum absolute atomic E-state index is 11.0. The van der Waals surface area contributed by atoms with Crippen LogP contribution in [0.4, 0.5) is 0 Å². The molecule has 0 aliphatic heterocycles. The molecule has 0 aliphatic rings. The van der Waals surface area contributed by atoms with Crippen molar-refractivity contribution >= 4 is 34.8 Å². The lowest BCUT2D eigenvalue weighted by molar-refractivity contribution is 1.24. The molecule has 0 amide bonds. The lowest BCUT2D eigenvalue weighted by Crippen LogP contribution is -2.03. The first kappa shape index (κ1) is 11.5. The number of benzene rings is 1. The van der Waals surface area contributed by atoms with Crippen molar-refractivity contribution in [3.05, 3.63) is 55.9 Å². The van der Waals surface area contributed by atoms with Crippen LogP contribution >= 0.6 is 34.8 Å². The second-order valence-electron chi connectivity index (χ2n) is 3.17. The summed E-state index contributed by atoms with van der Waals surface area (Å²) in [6.45, 7) is 0. The van der Waals surface area contributed by atoms with Crippen molar-refractivity contribution in [2.45, 2.75) is 0 Å². The number of aromatic amines is 1. The highest BCUT2D eigenvalue weighted by Gasteiger charge is 2.08. The van der Waals surface area contributed by atoms with Crippen LogP contribution in [0.1, 0.15) is 0 Å². The van der Waals surface area contributed by atoms with Crippen molar-refractivity contribution in [1.29, 1.82) is 0 Å². The summed E-state index contributed by atoms with van der Waals surface area (Å²) in [5.41, 5.74) is 1.08. The molecule has 5 heteroatoms. The molecule has 1 N–H and O–H groups in total. The number of aromatic nitrogens is 1. The Bertz CT molecular complexity index is 592. The Kier molecular flexibility index (Phi) is 3.24. The Balaban J connectivity index is 2.67. The van der Waals surface area contributed by atoms with Gasteiger partial charge in [0.25, 0.3) is 0 Å². The molecule has 0 unspecified atom stereocenters. The van der Waals surface area contributed by atoms with Crippen LogP contribution in [0.15, 0.2) is 35.1 Å². The summed E-state index contributed by atoms with van der Waals surface area (Å²) in [7, 11) is 0. The van der Waals surface area contributed by atoms with Gasteiger partial charge in [0, 0.05) is 27.2 Å². The molecular weight excluding hydrogens is 268 g/mol. The Hall–Kier alpha value is -0.960. The molecule has 0 saturated heterocycles. The molecule has 2 rings (SSSR count). The Morgan fingerprint density at radius 1 is 0.938 bits per heavy atom. The topological polar surface area (TPSA) is 32.9 Å². The quantitative estimate of drug-likeness (QED) is 0.783. The summed E-state index contributed by atoms with van der Waals surface area (Å²) in [5.74, 6) is 0. The first-order valence-corrected chi connectivity index (χ1v) is 5.55. The number of halogens is 3. The van der Waals surface area contributed by atoms with Crippen LogP contribution in [0.25, 0.3) is 11.1 Å². The van der Waals surface area contributed by atoms with E-state index in [1.165, 1.54) is 6.07 Å². The molecule has 1 aromatic heterocycles. The van der Waals surface area contributed by atoms with E-state index in [1.807, 2.05) is 0 Å². The zero-order valence-electron chi connectivity index (χ0n) is 7.93. The number of hydrogen-bond donors (Lipinski definition) is 1. The van der Waals surface area contributed by atoms with Crippen LogP contribution < -0.4 is 5.56 Å². The highest BCUT2D eigenvalue weighted by Crippen LogP contribution is 2.33. The summed E-state index contributed by atoms with van der Waals surface area (Å²) in [6, 6.07) is 8.06. The molecule has 1 heterocycles. The van der Waals surface area contributed by atoms with Crippen LogP contribution in [0.2, 0.25) is 15.2 Å². The minimum Gasteiger partial charge on any atom is -0.312 e. The number of pyridine rings is 1. The number of H-pyrrole nitrogens is 1. The maximum atomic E-state index is 11.0. The van der Waals surface area contributed by atoms with E-state index in [1.54, 1.807) is 24.3 Å². The van der Waals surface area contributed by atoms with E-state index in [0.717, 1.165) is 0 Å². The van der Waals surface area contributed by atoms with Gasteiger partial charge in [-0.2, -0.15) is 0 Å². The van der Waals surface area contributed by atoms with Crippen molar-refractivity contribution in [2.75, 3.05) is 0 Å². The van der Waals surface area contributed by atoms with E-state index in [4.69, 9.17) is 34.8 Å². The lowest BCUT2D eigenvalue weighted by Gasteiger charge is -2.06. The van der Waals surface area contributed by atoms with Gasteiger partial charge >= 0.3 is 0 Å². The van der Waals surface area contributed by atoms with Crippen LogP contribution in [0, 0.1) is 0 Å². The zero-order chi connectivity index (χ0) is 11.7. The molecule has 0 saturated carbocycles. The molecule has 0 fully saturated rings. The van der Waals surface area contributed by atoms with Gasteiger partial charge in [0.05, 0.1) is 0 Å². The third-order valence-electron chi connectivity index (χ3n) is 2.09. The fourth-order valence-electron chi connectivity index (χ4n) is 1.36. The largest absolute Gasteiger partial charge is 0.312 e. The zero-order valence-corrected chi connectivity index (χ0v) is 10.2. The average Bonchev–Trinajstić information content (AvgIpc) is 2.22. The van der Waals surface area contributed by atoms with E-state index < -0.39 is 0 Å². The summed E-state index contributed by atoms with van der Waals surface area (Å²) in [4.78, 5) is 13.5. The van der Waals surface area contributed by atoms with E-state index in [0.29, 0.717) is 21.2 Å². The van der Waals surface area contributed by atoms with E-state index >= 15 is 0 Å². The fourth-order valence-corrected chi connectivity index (χ4v) is 2.01. The fraction of sp³-hybridized carbons (Fsp3) is 0. The summed E-state index contributed by atoms with van der Waals surface area (Å²) < 4.78 is 0. The highest BCUT2D eigenvalue weighted by atomic mass is 35.5. The SMILES string of the molecule is O=c1ccc(-c2cc(Cl)ccc2Cl)c(Cl)[nH]1. The maximum Gasteiger partial charge on any atom is 0.249 e. The molecule has 0 atom stereocenters. The van der Waals surface area contributed by atoms with Gasteiger partial charge in [-0.05, 0) is 24.3 Å². The second kappa shape index (κ2) is 4.50. The van der Waals surface area contributed by atoms with Gasteiger partial charge in [-0.25, -0.2) is 0 Å². The monoisotopic (exact) mass is 273 g/mol. The van der Waals surface area contributed by atoms with Crippen LogP contribution in [-0.2, 0) is 0 Å². The van der Waals surface area contributed by atoms with Gasteiger partial charge in [0.1, 0.15) is 5.15 Å². The first-order valence-electron chi connectivity index (χ1n) is 4.42. The Morgan fingerprint density at radius 3 is 2.38 bits per heavy atom. The second-order valence-corrected chi connectivity index (χ2v) is 4.40. The molecule has 0 aliphatic carbocycles. The predicted molar refractivity (Wildman–Crippen MR) is 67.5 cm³/mol. The van der Waals surface area contributed by atoms with Crippen molar-refractivity contribution in [3.8, 4) is 11.1 Å². The molecular formula is C11H6Cl3NO. The van der Waals surface area contributed by atoms with Crippen molar-refractivity contribution in [1.82, 2.24) is 4.98 Å². The van der Waals surface area contributed by atoms with Crippen molar-refractivity contribution in [3.63, 3.8) is 0 Å². The van der Waals surface area contributed by atoms with Gasteiger partial charge in [-0.1, -0.05) is 34.8 Å². The number of nitrogens with one attached hydrogen (secondary N) is 1. The average molecular weight is 275 g/mol. The summed E-state index contributed by atoms with van der Waals surface area (Å²) in [6.07, 6.45) is 0. The molecule has 0 bridgehead atoms. The molecule has 82 valence electrons. The van der Waals surface area contributed by atoms with Gasteiger partial charge in [0.2, 0.25) is 5.56 Å². The Labute approximate surface area is 107 Å². The van der Waals surface area contributed by atoms with Crippen molar-refractivity contribution < 1.29 is 0 Å². The molecule has 1 aromatic carbocycles. The number of hydrogen-bond acceptors (Lipinski definition) is 1.